The number of rotatable bonds is 4. The highest BCUT2D eigenvalue weighted by molar-refractivity contribution is 6.31. The molecule has 1 aromatic carbocycles. The normalized spacial score (nSPS) is 16.3. The van der Waals surface area contributed by atoms with Crippen molar-refractivity contribution >= 4 is 23.2 Å². The van der Waals surface area contributed by atoms with Crippen molar-refractivity contribution in [3.8, 4) is 0 Å². The molecule has 0 aromatic heterocycles. The predicted molar refractivity (Wildman–Crippen MR) is 76.7 cm³/mol. The van der Waals surface area contributed by atoms with Gasteiger partial charge in [0.2, 0.25) is 5.91 Å². The highest BCUT2D eigenvalue weighted by Crippen LogP contribution is 2.22. The SMILES string of the molecule is Cc1c(Cl)cccc1NC(=O)COC1CCNCC1. The Balaban J connectivity index is 1.82. The Kier molecular flexibility index (Phi) is 5.19. The molecular formula is C14H19ClN2O2. The Bertz CT molecular complexity index is 445. The van der Waals surface area contributed by atoms with Gasteiger partial charge in [-0.05, 0) is 50.6 Å². The van der Waals surface area contributed by atoms with Gasteiger partial charge in [0.1, 0.15) is 6.61 Å². The van der Waals surface area contributed by atoms with Crippen LogP contribution in [-0.2, 0) is 9.53 Å². The predicted octanol–water partition coefficient (Wildman–Crippen LogP) is 2.36. The number of ether oxygens (including phenoxy) is 1. The Hall–Kier alpha value is -1.10. The summed E-state index contributed by atoms with van der Waals surface area (Å²) >= 11 is 6.01. The molecule has 1 aliphatic heterocycles. The van der Waals surface area contributed by atoms with Gasteiger partial charge in [0.05, 0.1) is 6.10 Å². The number of anilines is 1. The third-order valence-electron chi connectivity index (χ3n) is 3.28. The minimum absolute atomic E-state index is 0.0939. The zero-order valence-corrected chi connectivity index (χ0v) is 11.8. The van der Waals surface area contributed by atoms with Gasteiger partial charge in [0.25, 0.3) is 0 Å². The zero-order chi connectivity index (χ0) is 13.7. The molecule has 1 amide bonds. The maximum atomic E-state index is 11.8. The Morgan fingerprint density at radius 1 is 1.47 bits per heavy atom. The molecule has 1 heterocycles. The second kappa shape index (κ2) is 6.89. The molecule has 1 fully saturated rings. The lowest BCUT2D eigenvalue weighted by atomic mass is 10.1. The molecule has 0 spiro atoms. The van der Waals surface area contributed by atoms with Gasteiger partial charge in [-0.25, -0.2) is 0 Å². The van der Waals surface area contributed by atoms with Crippen LogP contribution >= 0.6 is 11.6 Å². The standard InChI is InChI=1S/C14H19ClN2O2/c1-10-12(15)3-2-4-13(10)17-14(18)9-19-11-5-7-16-8-6-11/h2-4,11,16H,5-9H2,1H3,(H,17,18). The number of nitrogens with one attached hydrogen (secondary N) is 2. The van der Waals surface area contributed by atoms with Crippen LogP contribution in [0.25, 0.3) is 0 Å². The molecule has 104 valence electrons. The molecule has 1 aromatic rings. The van der Waals surface area contributed by atoms with E-state index in [4.69, 9.17) is 16.3 Å². The largest absolute Gasteiger partial charge is 0.368 e. The lowest BCUT2D eigenvalue weighted by Gasteiger charge is -2.22. The van der Waals surface area contributed by atoms with E-state index < -0.39 is 0 Å². The van der Waals surface area contributed by atoms with Gasteiger partial charge in [-0.2, -0.15) is 0 Å². The van der Waals surface area contributed by atoms with Crippen molar-refractivity contribution in [3.63, 3.8) is 0 Å². The second-order valence-electron chi connectivity index (χ2n) is 4.72. The highest BCUT2D eigenvalue weighted by Gasteiger charge is 2.15. The van der Waals surface area contributed by atoms with Crippen LogP contribution < -0.4 is 10.6 Å². The summed E-state index contributed by atoms with van der Waals surface area (Å²) in [6, 6.07) is 5.46. The van der Waals surface area contributed by atoms with E-state index in [1.165, 1.54) is 0 Å². The number of piperidine rings is 1. The number of hydrogen-bond donors (Lipinski definition) is 2. The van der Waals surface area contributed by atoms with Gasteiger partial charge in [-0.1, -0.05) is 17.7 Å². The first-order valence-corrected chi connectivity index (χ1v) is 6.92. The van der Waals surface area contributed by atoms with Crippen molar-refractivity contribution in [2.75, 3.05) is 25.0 Å². The van der Waals surface area contributed by atoms with Crippen LogP contribution in [0.4, 0.5) is 5.69 Å². The molecule has 0 unspecified atom stereocenters. The lowest BCUT2D eigenvalue weighted by molar-refractivity contribution is -0.123. The minimum Gasteiger partial charge on any atom is -0.368 e. The molecule has 19 heavy (non-hydrogen) atoms. The number of halogens is 1. The van der Waals surface area contributed by atoms with Gasteiger partial charge in [0, 0.05) is 10.7 Å². The van der Waals surface area contributed by atoms with Gasteiger partial charge >= 0.3 is 0 Å². The van der Waals surface area contributed by atoms with Crippen molar-refractivity contribution in [1.29, 1.82) is 0 Å². The summed E-state index contributed by atoms with van der Waals surface area (Å²) in [4.78, 5) is 11.8. The molecule has 1 aliphatic rings. The minimum atomic E-state index is -0.135. The van der Waals surface area contributed by atoms with E-state index in [9.17, 15) is 4.79 Å². The number of amides is 1. The summed E-state index contributed by atoms with van der Waals surface area (Å²) in [5.41, 5.74) is 1.62. The maximum Gasteiger partial charge on any atom is 0.250 e. The first kappa shape index (κ1) is 14.3. The molecular weight excluding hydrogens is 264 g/mol. The van der Waals surface area contributed by atoms with Crippen molar-refractivity contribution < 1.29 is 9.53 Å². The summed E-state index contributed by atoms with van der Waals surface area (Å²) < 4.78 is 5.60. The number of hydrogen-bond acceptors (Lipinski definition) is 3. The monoisotopic (exact) mass is 282 g/mol. The highest BCUT2D eigenvalue weighted by atomic mass is 35.5. The summed E-state index contributed by atoms with van der Waals surface area (Å²) in [6.45, 7) is 3.89. The lowest BCUT2D eigenvalue weighted by Crippen LogP contribution is -2.34. The van der Waals surface area contributed by atoms with Gasteiger partial charge in [-0.3, -0.25) is 4.79 Å². The first-order chi connectivity index (χ1) is 9.16. The van der Waals surface area contributed by atoms with E-state index in [0.717, 1.165) is 37.2 Å². The van der Waals surface area contributed by atoms with Crippen LogP contribution in [0.3, 0.4) is 0 Å². The number of carbonyl (C=O) groups excluding carboxylic acids is 1. The molecule has 0 radical (unpaired) electrons. The third-order valence-corrected chi connectivity index (χ3v) is 3.69. The smallest absolute Gasteiger partial charge is 0.250 e. The molecule has 5 heteroatoms. The van der Waals surface area contributed by atoms with E-state index in [2.05, 4.69) is 10.6 Å². The number of benzene rings is 1. The number of carbonyl (C=O) groups is 1. The van der Waals surface area contributed by atoms with Crippen molar-refractivity contribution in [2.45, 2.75) is 25.9 Å². The van der Waals surface area contributed by atoms with Crippen LogP contribution in [0.15, 0.2) is 18.2 Å². The molecule has 0 atom stereocenters. The van der Waals surface area contributed by atoms with Crippen molar-refractivity contribution in [2.24, 2.45) is 0 Å². The van der Waals surface area contributed by atoms with Crippen LogP contribution in [0, 0.1) is 6.92 Å². The fourth-order valence-corrected chi connectivity index (χ4v) is 2.26. The third kappa shape index (κ3) is 4.20. The fraction of sp³-hybridized carbons (Fsp3) is 0.500. The Labute approximate surface area is 118 Å². The van der Waals surface area contributed by atoms with E-state index in [1.807, 2.05) is 19.1 Å². The molecule has 0 aliphatic carbocycles. The summed E-state index contributed by atoms with van der Waals surface area (Å²) in [5, 5.41) is 6.74. The van der Waals surface area contributed by atoms with Crippen molar-refractivity contribution in [3.05, 3.63) is 28.8 Å². The average molecular weight is 283 g/mol. The molecule has 0 saturated carbocycles. The first-order valence-electron chi connectivity index (χ1n) is 6.54. The molecule has 4 nitrogen and oxygen atoms in total. The van der Waals surface area contributed by atoms with E-state index >= 15 is 0 Å². The topological polar surface area (TPSA) is 50.4 Å². The Morgan fingerprint density at radius 3 is 2.95 bits per heavy atom. The van der Waals surface area contributed by atoms with Gasteiger partial charge in [-0.15, -0.1) is 0 Å². The molecule has 2 N–H and O–H groups in total. The molecule has 1 saturated heterocycles. The Morgan fingerprint density at radius 2 is 2.21 bits per heavy atom. The summed E-state index contributed by atoms with van der Waals surface area (Å²) in [7, 11) is 0. The molecule has 0 bridgehead atoms. The molecule has 2 rings (SSSR count). The van der Waals surface area contributed by atoms with Crippen LogP contribution in [0.1, 0.15) is 18.4 Å². The average Bonchev–Trinajstić information content (AvgIpc) is 2.43. The fourth-order valence-electron chi connectivity index (χ4n) is 2.08. The van der Waals surface area contributed by atoms with Crippen LogP contribution in [0.2, 0.25) is 5.02 Å². The van der Waals surface area contributed by atoms with Gasteiger partial charge in [0.15, 0.2) is 0 Å². The van der Waals surface area contributed by atoms with Crippen LogP contribution in [-0.4, -0.2) is 31.7 Å². The maximum absolute atomic E-state index is 11.8. The van der Waals surface area contributed by atoms with Crippen molar-refractivity contribution in [1.82, 2.24) is 5.32 Å². The zero-order valence-electron chi connectivity index (χ0n) is 11.0. The van der Waals surface area contributed by atoms with E-state index in [-0.39, 0.29) is 18.6 Å². The quantitative estimate of drug-likeness (QED) is 0.891. The summed E-state index contributed by atoms with van der Waals surface area (Å²) in [5.74, 6) is -0.135. The van der Waals surface area contributed by atoms with Gasteiger partial charge < -0.3 is 15.4 Å². The van der Waals surface area contributed by atoms with E-state index in [0.29, 0.717) is 5.02 Å². The van der Waals surface area contributed by atoms with E-state index in [1.54, 1.807) is 6.07 Å². The van der Waals surface area contributed by atoms with Crippen LogP contribution in [0.5, 0.6) is 0 Å². The summed E-state index contributed by atoms with van der Waals surface area (Å²) in [6.07, 6.45) is 2.11. The second-order valence-corrected chi connectivity index (χ2v) is 5.13.